The van der Waals surface area contributed by atoms with Crippen molar-refractivity contribution in [3.05, 3.63) is 102 Å². The van der Waals surface area contributed by atoms with Crippen LogP contribution in [-0.4, -0.2) is 16.3 Å². The lowest BCUT2D eigenvalue weighted by Crippen LogP contribution is -2.07. The molecule has 4 aromatic rings. The summed E-state index contributed by atoms with van der Waals surface area (Å²) >= 11 is 0. The van der Waals surface area contributed by atoms with E-state index >= 15 is 0 Å². The molecule has 0 spiro atoms. The van der Waals surface area contributed by atoms with E-state index in [-0.39, 0.29) is 12.5 Å². The molecule has 0 amide bonds. The molecule has 3 aromatic carbocycles. The third kappa shape index (κ3) is 6.19. The Labute approximate surface area is 203 Å². The molecular weight excluding hydrogens is 477 g/mol. The van der Waals surface area contributed by atoms with Gasteiger partial charge in [0.25, 0.3) is 0 Å². The summed E-state index contributed by atoms with van der Waals surface area (Å²) in [5.74, 6) is 0.771. The summed E-state index contributed by atoms with van der Waals surface area (Å²) in [6, 6.07) is 22.8. The Morgan fingerprint density at radius 3 is 2.43 bits per heavy atom. The molecule has 180 valence electrons. The predicted octanol–water partition coefficient (Wildman–Crippen LogP) is 6.49. The van der Waals surface area contributed by atoms with Gasteiger partial charge < -0.3 is 9.47 Å². The lowest BCUT2D eigenvalue weighted by Gasteiger charge is -2.13. The van der Waals surface area contributed by atoms with Gasteiger partial charge in [0.05, 0.1) is 17.6 Å². The average molecular weight is 499 g/mol. The molecule has 0 aliphatic heterocycles. The van der Waals surface area contributed by atoms with Gasteiger partial charge in [0, 0.05) is 11.8 Å². The minimum Gasteiger partial charge on any atom is -0.489 e. The summed E-state index contributed by atoms with van der Waals surface area (Å²) in [5, 5.41) is 0. The zero-order chi connectivity index (χ0) is 24.8. The van der Waals surface area contributed by atoms with Crippen LogP contribution in [-0.2, 0) is 23.8 Å². The maximum Gasteiger partial charge on any atom is 0.416 e. The Bertz CT molecular complexity index is 1330. The SMILES string of the molecule is COc1ncc(-c2cccc(OCc3cccc(C(F)(F)F)c3)c2)cc1NS(=O)c1ccccc1. The smallest absolute Gasteiger partial charge is 0.416 e. The fourth-order valence-corrected chi connectivity index (χ4v) is 4.19. The molecule has 0 radical (unpaired) electrons. The van der Waals surface area contributed by atoms with E-state index < -0.39 is 22.7 Å². The Kier molecular flexibility index (Phi) is 7.36. The van der Waals surface area contributed by atoms with E-state index in [4.69, 9.17) is 9.47 Å². The highest BCUT2D eigenvalue weighted by atomic mass is 32.2. The average Bonchev–Trinajstić information content (AvgIpc) is 2.88. The molecule has 0 bridgehead atoms. The van der Waals surface area contributed by atoms with Crippen LogP contribution in [0.3, 0.4) is 0 Å². The fraction of sp³-hybridized carbons (Fsp3) is 0.115. The zero-order valence-corrected chi connectivity index (χ0v) is 19.4. The molecule has 1 heterocycles. The van der Waals surface area contributed by atoms with Crippen molar-refractivity contribution in [2.75, 3.05) is 11.8 Å². The molecule has 4 rings (SSSR count). The van der Waals surface area contributed by atoms with Gasteiger partial charge in [-0.25, -0.2) is 9.19 Å². The number of halogens is 3. The number of ether oxygens (including phenoxy) is 2. The van der Waals surface area contributed by atoms with Crippen LogP contribution in [0.15, 0.2) is 96.0 Å². The quantitative estimate of drug-likeness (QED) is 0.302. The van der Waals surface area contributed by atoms with E-state index in [0.29, 0.717) is 27.5 Å². The Balaban J connectivity index is 1.53. The van der Waals surface area contributed by atoms with E-state index in [2.05, 4.69) is 9.71 Å². The van der Waals surface area contributed by atoms with Crippen LogP contribution in [0, 0.1) is 0 Å². The molecule has 0 aliphatic carbocycles. The number of nitrogens with zero attached hydrogens (tertiary/aromatic N) is 1. The van der Waals surface area contributed by atoms with Crippen LogP contribution in [0.4, 0.5) is 18.9 Å². The summed E-state index contributed by atoms with van der Waals surface area (Å²) in [4.78, 5) is 4.91. The lowest BCUT2D eigenvalue weighted by atomic mass is 10.1. The lowest BCUT2D eigenvalue weighted by molar-refractivity contribution is -0.137. The standard InChI is InChI=1S/C26H21F3N2O3S/c1-33-25-24(31-35(32)23-11-3-2-4-12-23)15-20(16-30-25)19-8-6-10-22(14-19)34-17-18-7-5-9-21(13-18)26(27,28)29/h2-16,31H,17H2,1H3. The van der Waals surface area contributed by atoms with E-state index in [1.54, 1.807) is 60.8 Å². The van der Waals surface area contributed by atoms with E-state index in [1.807, 2.05) is 12.1 Å². The molecule has 0 fully saturated rings. The van der Waals surface area contributed by atoms with E-state index in [1.165, 1.54) is 13.2 Å². The van der Waals surface area contributed by atoms with Gasteiger partial charge in [0.15, 0.2) is 0 Å². The largest absolute Gasteiger partial charge is 0.489 e. The van der Waals surface area contributed by atoms with Gasteiger partial charge in [-0.3, -0.25) is 4.72 Å². The molecule has 1 aromatic heterocycles. The number of hydrogen-bond donors (Lipinski definition) is 1. The van der Waals surface area contributed by atoms with Crippen molar-refractivity contribution < 1.29 is 26.9 Å². The molecule has 35 heavy (non-hydrogen) atoms. The Morgan fingerprint density at radius 1 is 0.914 bits per heavy atom. The van der Waals surface area contributed by atoms with Gasteiger partial charge in [0.2, 0.25) is 5.88 Å². The number of aromatic nitrogens is 1. The highest BCUT2D eigenvalue weighted by molar-refractivity contribution is 7.86. The Morgan fingerprint density at radius 2 is 1.69 bits per heavy atom. The summed E-state index contributed by atoms with van der Waals surface area (Å²) in [6.07, 6.45) is -2.80. The first kappa shape index (κ1) is 24.3. The van der Waals surface area contributed by atoms with Gasteiger partial charge in [-0.15, -0.1) is 0 Å². The first-order chi connectivity index (χ1) is 16.8. The van der Waals surface area contributed by atoms with Crippen molar-refractivity contribution in [1.29, 1.82) is 0 Å². The van der Waals surface area contributed by atoms with Crippen molar-refractivity contribution in [2.24, 2.45) is 0 Å². The van der Waals surface area contributed by atoms with Crippen molar-refractivity contribution in [1.82, 2.24) is 4.98 Å². The molecule has 0 saturated carbocycles. The number of anilines is 1. The van der Waals surface area contributed by atoms with Crippen LogP contribution in [0.2, 0.25) is 0 Å². The number of benzene rings is 3. The summed E-state index contributed by atoms with van der Waals surface area (Å²) < 4.78 is 65.6. The normalized spacial score (nSPS) is 12.1. The minimum absolute atomic E-state index is 0.0168. The predicted molar refractivity (Wildman–Crippen MR) is 128 cm³/mol. The van der Waals surface area contributed by atoms with Crippen molar-refractivity contribution >= 4 is 16.7 Å². The molecule has 9 heteroatoms. The van der Waals surface area contributed by atoms with E-state index in [9.17, 15) is 17.4 Å². The van der Waals surface area contributed by atoms with Crippen molar-refractivity contribution in [3.8, 4) is 22.8 Å². The molecule has 1 atom stereocenters. The zero-order valence-electron chi connectivity index (χ0n) is 18.6. The van der Waals surface area contributed by atoms with Crippen LogP contribution in [0.5, 0.6) is 11.6 Å². The topological polar surface area (TPSA) is 60.5 Å². The van der Waals surface area contributed by atoms with Crippen molar-refractivity contribution in [2.45, 2.75) is 17.7 Å². The third-order valence-corrected chi connectivity index (χ3v) is 6.14. The highest BCUT2D eigenvalue weighted by Gasteiger charge is 2.30. The van der Waals surface area contributed by atoms with Gasteiger partial charge in [-0.1, -0.05) is 42.5 Å². The maximum absolute atomic E-state index is 13.0. The van der Waals surface area contributed by atoms with Gasteiger partial charge in [-0.2, -0.15) is 13.2 Å². The van der Waals surface area contributed by atoms with Crippen LogP contribution >= 0.6 is 0 Å². The van der Waals surface area contributed by atoms with Crippen molar-refractivity contribution in [3.63, 3.8) is 0 Å². The molecule has 0 aliphatic rings. The van der Waals surface area contributed by atoms with Crippen LogP contribution < -0.4 is 14.2 Å². The number of nitrogens with one attached hydrogen (secondary N) is 1. The number of methoxy groups -OCH3 is 1. The number of hydrogen-bond acceptors (Lipinski definition) is 4. The molecular formula is C26H21F3N2O3S. The first-order valence-corrected chi connectivity index (χ1v) is 11.7. The number of alkyl halides is 3. The number of pyridine rings is 1. The summed E-state index contributed by atoms with van der Waals surface area (Å²) in [5.41, 5.74) is 1.61. The third-order valence-electron chi connectivity index (χ3n) is 5.03. The first-order valence-electron chi connectivity index (χ1n) is 10.5. The maximum atomic E-state index is 13.0. The fourth-order valence-electron chi connectivity index (χ4n) is 3.32. The molecule has 5 nitrogen and oxygen atoms in total. The second kappa shape index (κ2) is 10.6. The number of rotatable bonds is 8. The highest BCUT2D eigenvalue weighted by Crippen LogP contribution is 2.32. The summed E-state index contributed by atoms with van der Waals surface area (Å²) in [6.45, 7) is -0.0168. The minimum atomic E-state index is -4.41. The van der Waals surface area contributed by atoms with Gasteiger partial charge >= 0.3 is 6.18 Å². The van der Waals surface area contributed by atoms with Crippen LogP contribution in [0.1, 0.15) is 11.1 Å². The monoisotopic (exact) mass is 498 g/mol. The second-order valence-corrected chi connectivity index (χ2v) is 8.69. The van der Waals surface area contributed by atoms with Gasteiger partial charge in [-0.05, 0) is 53.6 Å². The Hall–Kier alpha value is -3.85. The molecule has 0 saturated heterocycles. The van der Waals surface area contributed by atoms with Crippen LogP contribution in [0.25, 0.3) is 11.1 Å². The van der Waals surface area contributed by atoms with Gasteiger partial charge in [0.1, 0.15) is 29.0 Å². The molecule has 1 unspecified atom stereocenters. The summed E-state index contributed by atoms with van der Waals surface area (Å²) in [7, 11) is -0.0497. The second-order valence-electron chi connectivity index (χ2n) is 7.48. The molecule has 1 N–H and O–H groups in total. The van der Waals surface area contributed by atoms with E-state index in [0.717, 1.165) is 17.7 Å².